The van der Waals surface area contributed by atoms with Gasteiger partial charge < -0.3 is 10.1 Å². The summed E-state index contributed by atoms with van der Waals surface area (Å²) in [5, 5.41) is 8.79. The van der Waals surface area contributed by atoms with Gasteiger partial charge in [0.15, 0.2) is 0 Å². The summed E-state index contributed by atoms with van der Waals surface area (Å²) in [6.45, 7) is 6.32. The zero-order valence-corrected chi connectivity index (χ0v) is 12.3. The fourth-order valence-electron chi connectivity index (χ4n) is 1.68. The SMILES string of the molecule is CCC(C)c1ccccc1.CCc1nc(O)cc(=O)[nH]1. The number of H-pyrrole nitrogens is 1. The van der Waals surface area contributed by atoms with Gasteiger partial charge in [-0.1, -0.05) is 51.1 Å². The summed E-state index contributed by atoms with van der Waals surface area (Å²) in [7, 11) is 0. The summed E-state index contributed by atoms with van der Waals surface area (Å²) in [6, 6.07) is 11.7. The molecule has 1 unspecified atom stereocenters. The number of aromatic amines is 1. The van der Waals surface area contributed by atoms with Gasteiger partial charge in [-0.15, -0.1) is 0 Å². The molecule has 0 aliphatic heterocycles. The molecular formula is C16H22N2O2. The maximum atomic E-state index is 10.6. The minimum Gasteiger partial charge on any atom is -0.493 e. The Balaban J connectivity index is 0.000000200. The molecule has 0 saturated heterocycles. The van der Waals surface area contributed by atoms with Gasteiger partial charge >= 0.3 is 0 Å². The Kier molecular flexibility index (Phi) is 6.50. The number of hydrogen-bond acceptors (Lipinski definition) is 3. The maximum absolute atomic E-state index is 10.6. The second kappa shape index (κ2) is 8.15. The van der Waals surface area contributed by atoms with Crippen molar-refractivity contribution in [3.05, 3.63) is 58.1 Å². The lowest BCUT2D eigenvalue weighted by Gasteiger charge is -2.06. The van der Waals surface area contributed by atoms with E-state index in [1.165, 1.54) is 12.0 Å². The van der Waals surface area contributed by atoms with E-state index >= 15 is 0 Å². The Labute approximate surface area is 119 Å². The van der Waals surface area contributed by atoms with Gasteiger partial charge in [-0.25, -0.2) is 4.98 Å². The van der Waals surface area contributed by atoms with Crippen LogP contribution in [-0.4, -0.2) is 15.1 Å². The van der Waals surface area contributed by atoms with Crippen LogP contribution < -0.4 is 5.56 Å². The largest absolute Gasteiger partial charge is 0.493 e. The minimum absolute atomic E-state index is 0.222. The second-order valence-corrected chi connectivity index (χ2v) is 4.62. The summed E-state index contributed by atoms with van der Waals surface area (Å²) < 4.78 is 0. The number of benzene rings is 1. The van der Waals surface area contributed by atoms with Crippen molar-refractivity contribution in [2.24, 2.45) is 0 Å². The van der Waals surface area contributed by atoms with Gasteiger partial charge in [0.05, 0.1) is 6.07 Å². The number of nitrogens with one attached hydrogen (secondary N) is 1. The van der Waals surface area contributed by atoms with Crippen LogP contribution in [0.1, 0.15) is 44.5 Å². The van der Waals surface area contributed by atoms with Gasteiger partial charge in [0.1, 0.15) is 5.82 Å². The smallest absolute Gasteiger partial charge is 0.254 e. The van der Waals surface area contributed by atoms with Crippen LogP contribution in [0.4, 0.5) is 0 Å². The molecule has 1 atom stereocenters. The van der Waals surface area contributed by atoms with Gasteiger partial charge in [-0.3, -0.25) is 4.79 Å². The highest BCUT2D eigenvalue weighted by molar-refractivity contribution is 5.18. The number of aryl methyl sites for hydroxylation is 1. The number of hydrogen-bond donors (Lipinski definition) is 2. The zero-order valence-electron chi connectivity index (χ0n) is 12.3. The molecule has 20 heavy (non-hydrogen) atoms. The van der Waals surface area contributed by atoms with Crippen molar-refractivity contribution >= 4 is 0 Å². The van der Waals surface area contributed by atoms with Crippen molar-refractivity contribution in [3.8, 4) is 5.88 Å². The maximum Gasteiger partial charge on any atom is 0.254 e. The second-order valence-electron chi connectivity index (χ2n) is 4.62. The first-order chi connectivity index (χ1) is 9.56. The third-order valence-corrected chi connectivity index (χ3v) is 3.09. The van der Waals surface area contributed by atoms with Gasteiger partial charge in [0.2, 0.25) is 5.88 Å². The van der Waals surface area contributed by atoms with E-state index in [9.17, 15) is 4.79 Å². The highest BCUT2D eigenvalue weighted by Crippen LogP contribution is 2.16. The molecule has 0 saturated carbocycles. The van der Waals surface area contributed by atoms with Crippen LogP contribution in [0.2, 0.25) is 0 Å². The van der Waals surface area contributed by atoms with Crippen molar-refractivity contribution in [2.45, 2.75) is 39.5 Å². The van der Waals surface area contributed by atoms with Gasteiger partial charge in [0, 0.05) is 6.42 Å². The highest BCUT2D eigenvalue weighted by Gasteiger charge is 1.98. The lowest BCUT2D eigenvalue weighted by Crippen LogP contribution is -2.08. The standard InChI is InChI=1S/C10H14.C6H8N2O2/c1-3-9(2)10-7-5-4-6-8-10;1-2-4-7-5(9)3-6(10)8-4/h4-9H,3H2,1-2H3;3H,2H2,1H3,(H2,7,8,9,10). The summed E-state index contributed by atoms with van der Waals surface area (Å²) >= 11 is 0. The zero-order chi connectivity index (χ0) is 15.0. The Morgan fingerprint density at radius 3 is 2.40 bits per heavy atom. The molecule has 0 spiro atoms. The summed E-state index contributed by atoms with van der Waals surface area (Å²) in [4.78, 5) is 16.7. The number of aromatic hydroxyl groups is 1. The van der Waals surface area contributed by atoms with Crippen LogP contribution in [0, 0.1) is 0 Å². The number of rotatable bonds is 3. The molecule has 0 fully saturated rings. The first-order valence-electron chi connectivity index (χ1n) is 6.91. The molecule has 4 nitrogen and oxygen atoms in total. The first-order valence-corrected chi connectivity index (χ1v) is 6.91. The minimum atomic E-state index is -0.315. The van der Waals surface area contributed by atoms with Gasteiger partial charge in [-0.2, -0.15) is 0 Å². The summed E-state index contributed by atoms with van der Waals surface area (Å²) in [6.07, 6.45) is 1.84. The fourth-order valence-corrected chi connectivity index (χ4v) is 1.68. The van der Waals surface area contributed by atoms with Crippen LogP contribution in [0.5, 0.6) is 5.88 Å². The highest BCUT2D eigenvalue weighted by atomic mass is 16.3. The van der Waals surface area contributed by atoms with E-state index in [-0.39, 0.29) is 11.4 Å². The average Bonchev–Trinajstić information content (AvgIpc) is 2.47. The molecule has 0 amide bonds. The molecule has 1 aromatic heterocycles. The molecule has 2 rings (SSSR count). The quantitative estimate of drug-likeness (QED) is 0.903. The van der Waals surface area contributed by atoms with E-state index in [0.29, 0.717) is 18.2 Å². The number of aromatic nitrogens is 2. The third kappa shape index (κ3) is 5.26. The summed E-state index contributed by atoms with van der Waals surface area (Å²) in [5.74, 6) is 0.992. The lowest BCUT2D eigenvalue weighted by atomic mass is 9.99. The molecule has 0 aliphatic rings. The van der Waals surface area contributed by atoms with E-state index in [2.05, 4.69) is 54.1 Å². The molecule has 2 N–H and O–H groups in total. The Bertz CT molecular complexity index is 564. The third-order valence-electron chi connectivity index (χ3n) is 3.09. The van der Waals surface area contributed by atoms with Crippen molar-refractivity contribution in [1.82, 2.24) is 9.97 Å². The molecule has 0 bridgehead atoms. The van der Waals surface area contributed by atoms with Crippen molar-refractivity contribution in [3.63, 3.8) is 0 Å². The Hall–Kier alpha value is -2.10. The van der Waals surface area contributed by atoms with E-state index < -0.39 is 0 Å². The van der Waals surface area contributed by atoms with Gasteiger partial charge in [-0.05, 0) is 17.9 Å². The fraction of sp³-hybridized carbons (Fsp3) is 0.375. The van der Waals surface area contributed by atoms with E-state index in [1.54, 1.807) is 0 Å². The van der Waals surface area contributed by atoms with Gasteiger partial charge in [0.25, 0.3) is 5.56 Å². The lowest BCUT2D eigenvalue weighted by molar-refractivity contribution is 0.448. The topological polar surface area (TPSA) is 66.0 Å². The molecule has 2 aromatic rings. The Morgan fingerprint density at radius 1 is 1.25 bits per heavy atom. The van der Waals surface area contributed by atoms with E-state index in [1.807, 2.05) is 6.92 Å². The molecule has 1 aromatic carbocycles. The van der Waals surface area contributed by atoms with Crippen LogP contribution in [0.15, 0.2) is 41.2 Å². The van der Waals surface area contributed by atoms with Crippen molar-refractivity contribution < 1.29 is 5.11 Å². The molecule has 1 heterocycles. The van der Waals surface area contributed by atoms with E-state index in [0.717, 1.165) is 6.07 Å². The van der Waals surface area contributed by atoms with Crippen LogP contribution in [0.25, 0.3) is 0 Å². The first kappa shape index (κ1) is 16.0. The Morgan fingerprint density at radius 2 is 1.90 bits per heavy atom. The van der Waals surface area contributed by atoms with Crippen LogP contribution >= 0.6 is 0 Å². The summed E-state index contributed by atoms with van der Waals surface area (Å²) in [5.41, 5.74) is 1.13. The predicted octanol–water partition coefficient (Wildman–Crippen LogP) is 3.24. The predicted molar refractivity (Wildman–Crippen MR) is 81.0 cm³/mol. The van der Waals surface area contributed by atoms with Crippen LogP contribution in [-0.2, 0) is 6.42 Å². The molecule has 0 radical (unpaired) electrons. The monoisotopic (exact) mass is 274 g/mol. The number of nitrogens with zero attached hydrogens (tertiary/aromatic N) is 1. The molecule has 108 valence electrons. The van der Waals surface area contributed by atoms with Crippen molar-refractivity contribution in [1.29, 1.82) is 0 Å². The van der Waals surface area contributed by atoms with E-state index in [4.69, 9.17) is 5.11 Å². The van der Waals surface area contributed by atoms with Crippen molar-refractivity contribution in [2.75, 3.05) is 0 Å². The molecule has 4 heteroatoms. The normalized spacial score (nSPS) is 11.3. The molecular weight excluding hydrogens is 252 g/mol. The average molecular weight is 274 g/mol. The molecule has 0 aliphatic carbocycles. The van der Waals surface area contributed by atoms with Crippen LogP contribution in [0.3, 0.4) is 0 Å².